The molecule has 0 unspecified atom stereocenters. The van der Waals surface area contributed by atoms with Crippen LogP contribution in [0.15, 0.2) is 27.5 Å². The highest BCUT2D eigenvalue weighted by molar-refractivity contribution is 8.15. The second-order valence-corrected chi connectivity index (χ2v) is 6.03. The first-order valence-electron chi connectivity index (χ1n) is 4.82. The number of nitrogens with zero attached hydrogens (tertiary/aromatic N) is 1. The van der Waals surface area contributed by atoms with Crippen LogP contribution in [0.25, 0.3) is 0 Å². The van der Waals surface area contributed by atoms with Crippen molar-refractivity contribution in [3.8, 4) is 12.3 Å². The first kappa shape index (κ1) is 12.0. The molecular formula is C11H10N2O2S2. The van der Waals surface area contributed by atoms with E-state index in [1.807, 2.05) is 13.0 Å². The summed E-state index contributed by atoms with van der Waals surface area (Å²) in [5.74, 6) is 2.80. The van der Waals surface area contributed by atoms with Crippen molar-refractivity contribution in [3.05, 3.63) is 23.8 Å². The molecule has 1 aromatic rings. The maximum Gasteiger partial charge on any atom is 0.286 e. The predicted octanol–water partition coefficient (Wildman–Crippen LogP) is 1.83. The third-order valence-electron chi connectivity index (χ3n) is 2.15. The summed E-state index contributed by atoms with van der Waals surface area (Å²) in [5.41, 5.74) is 1.43. The van der Waals surface area contributed by atoms with Gasteiger partial charge in [0.15, 0.2) is 5.17 Å². The van der Waals surface area contributed by atoms with Crippen molar-refractivity contribution < 1.29 is 8.42 Å². The number of rotatable bonds is 1. The minimum atomic E-state index is -3.61. The highest BCUT2D eigenvalue weighted by Gasteiger charge is 2.24. The molecule has 4 nitrogen and oxygen atoms in total. The molecule has 0 atom stereocenters. The van der Waals surface area contributed by atoms with Crippen LogP contribution < -0.4 is 5.32 Å². The summed E-state index contributed by atoms with van der Waals surface area (Å²) >= 11 is 1.19. The Hall–Kier alpha value is -1.45. The van der Waals surface area contributed by atoms with E-state index in [9.17, 15) is 8.42 Å². The summed E-state index contributed by atoms with van der Waals surface area (Å²) in [5, 5.41) is 3.27. The summed E-state index contributed by atoms with van der Waals surface area (Å²) in [6, 6.07) is 5.17. The van der Waals surface area contributed by atoms with Crippen LogP contribution in [0.3, 0.4) is 0 Å². The highest BCUT2D eigenvalue weighted by Crippen LogP contribution is 2.29. The topological polar surface area (TPSA) is 58.5 Å². The van der Waals surface area contributed by atoms with Crippen LogP contribution in [0.4, 0.5) is 5.69 Å². The van der Waals surface area contributed by atoms with Gasteiger partial charge in [0.1, 0.15) is 4.90 Å². The van der Waals surface area contributed by atoms with Crippen molar-refractivity contribution in [2.45, 2.75) is 11.8 Å². The van der Waals surface area contributed by atoms with Crippen molar-refractivity contribution in [3.63, 3.8) is 0 Å². The van der Waals surface area contributed by atoms with Crippen LogP contribution in [0.1, 0.15) is 5.56 Å². The molecular weight excluding hydrogens is 256 g/mol. The number of anilines is 1. The SMILES string of the molecule is C#CCSC1=NS(=O)(=O)c2cc(C)ccc2N1. The van der Waals surface area contributed by atoms with E-state index in [2.05, 4.69) is 15.6 Å². The van der Waals surface area contributed by atoms with Gasteiger partial charge in [-0.25, -0.2) is 0 Å². The van der Waals surface area contributed by atoms with Crippen LogP contribution in [-0.4, -0.2) is 19.3 Å². The van der Waals surface area contributed by atoms with Crippen LogP contribution in [0.5, 0.6) is 0 Å². The van der Waals surface area contributed by atoms with Gasteiger partial charge in [0.2, 0.25) is 0 Å². The van der Waals surface area contributed by atoms with E-state index < -0.39 is 10.0 Å². The molecule has 0 spiro atoms. The van der Waals surface area contributed by atoms with E-state index in [1.165, 1.54) is 11.8 Å². The standard InChI is InChI=1S/C11H10N2O2S2/c1-3-6-16-11-12-9-5-4-8(2)7-10(9)17(14,15)13-11/h1,4-5,7H,6H2,2H3,(H,12,13). The molecule has 1 aromatic carbocycles. The number of terminal acetylenes is 1. The summed E-state index contributed by atoms with van der Waals surface area (Å²) in [7, 11) is -3.61. The van der Waals surface area contributed by atoms with Gasteiger partial charge in [-0.3, -0.25) is 0 Å². The molecule has 1 aliphatic rings. The maximum absolute atomic E-state index is 11.9. The number of hydrogen-bond donors (Lipinski definition) is 1. The Labute approximate surface area is 105 Å². The van der Waals surface area contributed by atoms with Crippen molar-refractivity contribution >= 4 is 32.6 Å². The minimum absolute atomic E-state index is 0.211. The third kappa shape index (κ3) is 2.46. The van der Waals surface area contributed by atoms with Crippen molar-refractivity contribution in [2.24, 2.45) is 4.40 Å². The lowest BCUT2D eigenvalue weighted by Crippen LogP contribution is -2.19. The lowest BCUT2D eigenvalue weighted by atomic mass is 10.2. The molecule has 17 heavy (non-hydrogen) atoms. The average Bonchev–Trinajstić information content (AvgIpc) is 2.27. The lowest BCUT2D eigenvalue weighted by molar-refractivity contribution is 0.598. The van der Waals surface area contributed by atoms with Crippen LogP contribution in [-0.2, 0) is 10.0 Å². The number of fused-ring (bicyclic) bond motifs is 1. The molecule has 1 aliphatic heterocycles. The van der Waals surface area contributed by atoms with Gasteiger partial charge < -0.3 is 5.32 Å². The smallest absolute Gasteiger partial charge is 0.286 e. The molecule has 0 saturated heterocycles. The Bertz CT molecular complexity index is 627. The van der Waals surface area contributed by atoms with E-state index in [-0.39, 0.29) is 4.90 Å². The number of benzene rings is 1. The van der Waals surface area contributed by atoms with Crippen LogP contribution >= 0.6 is 11.8 Å². The maximum atomic E-state index is 11.9. The zero-order valence-electron chi connectivity index (χ0n) is 9.10. The summed E-state index contributed by atoms with van der Waals surface area (Å²) in [6.45, 7) is 1.84. The molecule has 88 valence electrons. The Morgan fingerprint density at radius 2 is 2.29 bits per heavy atom. The fraction of sp³-hybridized carbons (Fsp3) is 0.182. The number of hydrogen-bond acceptors (Lipinski definition) is 4. The zero-order chi connectivity index (χ0) is 12.5. The molecule has 0 radical (unpaired) electrons. The van der Waals surface area contributed by atoms with Crippen molar-refractivity contribution in [1.29, 1.82) is 0 Å². The summed E-state index contributed by atoms with van der Waals surface area (Å²) < 4.78 is 27.5. The molecule has 0 aromatic heterocycles. The number of sulfonamides is 1. The molecule has 0 amide bonds. The van der Waals surface area contributed by atoms with E-state index in [0.29, 0.717) is 16.6 Å². The van der Waals surface area contributed by atoms with E-state index in [1.54, 1.807) is 12.1 Å². The predicted molar refractivity (Wildman–Crippen MR) is 70.7 cm³/mol. The average molecular weight is 266 g/mol. The first-order valence-corrected chi connectivity index (χ1v) is 7.24. The van der Waals surface area contributed by atoms with Gasteiger partial charge in [-0.1, -0.05) is 23.7 Å². The fourth-order valence-corrected chi connectivity index (χ4v) is 3.42. The normalized spacial score (nSPS) is 16.4. The van der Waals surface area contributed by atoms with Crippen LogP contribution in [0, 0.1) is 19.3 Å². The number of thioether (sulfide) groups is 1. The van der Waals surface area contributed by atoms with E-state index in [0.717, 1.165) is 5.56 Å². The van der Waals surface area contributed by atoms with Crippen LogP contribution in [0.2, 0.25) is 0 Å². The minimum Gasteiger partial charge on any atom is -0.333 e. The number of amidine groups is 1. The van der Waals surface area contributed by atoms with Gasteiger partial charge in [0.05, 0.1) is 11.4 Å². The van der Waals surface area contributed by atoms with Gasteiger partial charge in [0.25, 0.3) is 10.0 Å². The van der Waals surface area contributed by atoms with E-state index >= 15 is 0 Å². The molecule has 0 bridgehead atoms. The highest BCUT2D eigenvalue weighted by atomic mass is 32.2. The van der Waals surface area contributed by atoms with Crippen molar-refractivity contribution in [2.75, 3.05) is 11.1 Å². The number of aryl methyl sites for hydroxylation is 1. The quantitative estimate of drug-likeness (QED) is 0.788. The molecule has 6 heteroatoms. The lowest BCUT2D eigenvalue weighted by Gasteiger charge is -2.17. The summed E-state index contributed by atoms with van der Waals surface area (Å²) in [4.78, 5) is 0.211. The monoisotopic (exact) mass is 266 g/mol. The van der Waals surface area contributed by atoms with Gasteiger partial charge >= 0.3 is 0 Å². The summed E-state index contributed by atoms with van der Waals surface area (Å²) in [6.07, 6.45) is 5.12. The Kier molecular flexibility index (Phi) is 3.13. The number of nitrogens with one attached hydrogen (secondary N) is 1. The molecule has 0 fully saturated rings. The molecule has 1 N–H and O–H groups in total. The largest absolute Gasteiger partial charge is 0.333 e. The van der Waals surface area contributed by atoms with Gasteiger partial charge in [0, 0.05) is 0 Å². The van der Waals surface area contributed by atoms with Gasteiger partial charge in [-0.05, 0) is 24.6 Å². The molecule has 1 heterocycles. The molecule has 0 aliphatic carbocycles. The molecule has 2 rings (SSSR count). The van der Waals surface area contributed by atoms with E-state index in [4.69, 9.17) is 6.42 Å². The third-order valence-corrected chi connectivity index (χ3v) is 4.36. The van der Waals surface area contributed by atoms with Crippen molar-refractivity contribution in [1.82, 2.24) is 0 Å². The Morgan fingerprint density at radius 3 is 3.00 bits per heavy atom. The van der Waals surface area contributed by atoms with Gasteiger partial charge in [-0.15, -0.1) is 10.8 Å². The second kappa shape index (κ2) is 4.43. The van der Waals surface area contributed by atoms with Gasteiger partial charge in [-0.2, -0.15) is 8.42 Å². The fourth-order valence-electron chi connectivity index (χ4n) is 1.42. The Balaban J connectivity index is 2.44. The Morgan fingerprint density at radius 1 is 1.53 bits per heavy atom. The molecule has 0 saturated carbocycles. The first-order chi connectivity index (χ1) is 8.03. The second-order valence-electron chi connectivity index (χ2n) is 3.49. The zero-order valence-corrected chi connectivity index (χ0v) is 10.7.